The summed E-state index contributed by atoms with van der Waals surface area (Å²) in [5.74, 6) is 0.146. The number of benzene rings is 4. The van der Waals surface area contributed by atoms with Crippen LogP contribution in [-0.4, -0.2) is 16.6 Å². The number of rotatable bonds is 7. The van der Waals surface area contributed by atoms with Crippen molar-refractivity contribution in [3.05, 3.63) is 160 Å². The average Bonchev–Trinajstić information content (AvgIpc) is 3.37. The molecule has 0 amide bonds. The number of nitrogens with zero attached hydrogens (tertiary/aromatic N) is 3. The lowest BCUT2D eigenvalue weighted by Gasteiger charge is -2.30. The van der Waals surface area contributed by atoms with Crippen molar-refractivity contribution in [3.63, 3.8) is 0 Å². The molecular weight excluding hydrogens is 593 g/mol. The molecule has 224 valence electrons. The third kappa shape index (κ3) is 5.23. The minimum atomic E-state index is -0.505. The van der Waals surface area contributed by atoms with Crippen molar-refractivity contribution in [3.8, 4) is 11.5 Å². The predicted octanol–water partition coefficient (Wildman–Crippen LogP) is 5.95. The summed E-state index contributed by atoms with van der Waals surface area (Å²) in [7, 11) is 1.46. The molecule has 0 unspecified atom stereocenters. The molecule has 1 aliphatic carbocycles. The molecule has 1 aromatic heterocycles. The first-order chi connectivity index (χ1) is 21.9. The molecule has 8 nitrogen and oxygen atoms in total. The van der Waals surface area contributed by atoms with E-state index in [4.69, 9.17) is 14.5 Å². The van der Waals surface area contributed by atoms with E-state index in [2.05, 4.69) is 6.07 Å². The molecule has 2 heterocycles. The topological polar surface area (TPSA) is 96.0 Å². The Morgan fingerprint density at radius 3 is 2.53 bits per heavy atom. The number of thiazole rings is 1. The van der Waals surface area contributed by atoms with Gasteiger partial charge in [-0.25, -0.2) is 9.38 Å². The second kappa shape index (κ2) is 11.6. The van der Waals surface area contributed by atoms with Crippen molar-refractivity contribution >= 4 is 28.8 Å². The summed E-state index contributed by atoms with van der Waals surface area (Å²) in [5, 5.41) is 12.2. The van der Waals surface area contributed by atoms with Gasteiger partial charge in [0.1, 0.15) is 12.4 Å². The summed E-state index contributed by atoms with van der Waals surface area (Å²) in [6, 6.07) is 26.0. The number of methoxy groups -OCH3 is 1. The highest BCUT2D eigenvalue weighted by molar-refractivity contribution is 7.07. The van der Waals surface area contributed by atoms with Gasteiger partial charge in [-0.3, -0.25) is 19.5 Å². The van der Waals surface area contributed by atoms with Gasteiger partial charge >= 0.3 is 0 Å². The first-order valence-corrected chi connectivity index (χ1v) is 15.1. The van der Waals surface area contributed by atoms with Gasteiger partial charge in [-0.1, -0.05) is 78.1 Å². The van der Waals surface area contributed by atoms with Crippen LogP contribution in [-0.2, 0) is 13.0 Å². The van der Waals surface area contributed by atoms with Crippen molar-refractivity contribution in [1.29, 1.82) is 0 Å². The number of nitro benzene ring substituents is 1. The van der Waals surface area contributed by atoms with Gasteiger partial charge in [-0.2, -0.15) is 0 Å². The maximum absolute atomic E-state index is 14.1. The molecule has 45 heavy (non-hydrogen) atoms. The van der Waals surface area contributed by atoms with Crippen molar-refractivity contribution in [1.82, 2.24) is 4.57 Å². The van der Waals surface area contributed by atoms with Gasteiger partial charge < -0.3 is 9.47 Å². The molecule has 1 aliphatic heterocycles. The Bertz CT molecular complexity index is 2170. The monoisotopic (exact) mass is 619 g/mol. The first-order valence-electron chi connectivity index (χ1n) is 14.3. The second-order valence-electron chi connectivity index (χ2n) is 10.8. The number of hydrogen-bond donors (Lipinski definition) is 0. The quantitative estimate of drug-likeness (QED) is 0.166. The zero-order valence-electron chi connectivity index (χ0n) is 24.1. The minimum absolute atomic E-state index is 0.196. The Labute approximate surface area is 260 Å². The van der Waals surface area contributed by atoms with E-state index in [1.165, 1.54) is 43.0 Å². The van der Waals surface area contributed by atoms with Crippen LogP contribution in [0.1, 0.15) is 40.3 Å². The van der Waals surface area contributed by atoms with Crippen LogP contribution >= 0.6 is 11.3 Å². The Morgan fingerprint density at radius 1 is 1.02 bits per heavy atom. The van der Waals surface area contributed by atoms with Crippen LogP contribution in [0.4, 0.5) is 10.1 Å². The van der Waals surface area contributed by atoms with Gasteiger partial charge in [0.25, 0.3) is 11.2 Å². The van der Waals surface area contributed by atoms with E-state index in [0.717, 1.165) is 45.7 Å². The summed E-state index contributed by atoms with van der Waals surface area (Å²) < 4.78 is 27.3. The number of aromatic nitrogens is 1. The fourth-order valence-electron chi connectivity index (χ4n) is 5.95. The van der Waals surface area contributed by atoms with E-state index in [1.54, 1.807) is 16.7 Å². The van der Waals surface area contributed by atoms with Gasteiger partial charge in [0, 0.05) is 5.56 Å². The molecule has 5 aromatic rings. The van der Waals surface area contributed by atoms with Crippen molar-refractivity contribution in [2.45, 2.75) is 25.5 Å². The van der Waals surface area contributed by atoms with Crippen LogP contribution in [0.5, 0.6) is 11.5 Å². The SMILES string of the molecule is COc1cc(/C=c2/sc3n(c2=O)[C@H](c2ccc(F)cc2)C2=C(N=3)c3ccccc3CC2)c([N+](=O)[O-])cc1OCc1ccccc1. The van der Waals surface area contributed by atoms with Crippen LogP contribution in [0.3, 0.4) is 0 Å². The zero-order valence-corrected chi connectivity index (χ0v) is 24.9. The van der Waals surface area contributed by atoms with E-state index in [0.29, 0.717) is 17.0 Å². The normalized spacial score (nSPS) is 15.5. The van der Waals surface area contributed by atoms with E-state index in [-0.39, 0.29) is 39.5 Å². The van der Waals surface area contributed by atoms with Crippen LogP contribution in [0.25, 0.3) is 11.8 Å². The van der Waals surface area contributed by atoms with Gasteiger partial charge in [0.2, 0.25) is 0 Å². The fraction of sp³-hybridized carbons (Fsp3) is 0.143. The van der Waals surface area contributed by atoms with Crippen LogP contribution < -0.4 is 24.4 Å². The average molecular weight is 620 g/mol. The van der Waals surface area contributed by atoms with Gasteiger partial charge in [0.05, 0.1) is 39.9 Å². The number of hydrogen-bond acceptors (Lipinski definition) is 7. The molecule has 2 aliphatic rings. The molecule has 10 heteroatoms. The largest absolute Gasteiger partial charge is 0.493 e. The lowest BCUT2D eigenvalue weighted by molar-refractivity contribution is -0.385. The molecule has 0 N–H and O–H groups in total. The van der Waals surface area contributed by atoms with Crippen molar-refractivity contribution < 1.29 is 18.8 Å². The third-order valence-corrected chi connectivity index (χ3v) is 9.08. The van der Waals surface area contributed by atoms with Crippen LogP contribution in [0, 0.1) is 15.9 Å². The minimum Gasteiger partial charge on any atom is -0.493 e. The van der Waals surface area contributed by atoms with Crippen LogP contribution in [0.15, 0.2) is 106 Å². The third-order valence-electron chi connectivity index (χ3n) is 8.09. The Hall–Kier alpha value is -5.35. The number of fused-ring (bicyclic) bond motifs is 3. The number of halogens is 1. The Kier molecular flexibility index (Phi) is 7.34. The fourth-order valence-corrected chi connectivity index (χ4v) is 6.95. The molecule has 0 spiro atoms. The molecule has 0 radical (unpaired) electrons. The molecular formula is C35H26FN3O5S. The van der Waals surface area contributed by atoms with E-state index < -0.39 is 11.0 Å². The highest BCUT2D eigenvalue weighted by Gasteiger charge is 2.32. The van der Waals surface area contributed by atoms with Crippen molar-refractivity contribution in [2.75, 3.05) is 7.11 Å². The van der Waals surface area contributed by atoms with E-state index >= 15 is 0 Å². The van der Waals surface area contributed by atoms with Gasteiger partial charge in [-0.15, -0.1) is 0 Å². The van der Waals surface area contributed by atoms with E-state index in [9.17, 15) is 19.3 Å². The summed E-state index contributed by atoms with van der Waals surface area (Å²) in [6.45, 7) is 0.198. The highest BCUT2D eigenvalue weighted by atomic mass is 32.1. The lowest BCUT2D eigenvalue weighted by Crippen LogP contribution is -2.38. The number of nitro groups is 1. The number of allylic oxidation sites excluding steroid dienone is 1. The van der Waals surface area contributed by atoms with E-state index in [1.807, 2.05) is 48.5 Å². The summed E-state index contributed by atoms with van der Waals surface area (Å²) in [4.78, 5) is 31.3. The zero-order chi connectivity index (χ0) is 31.1. The van der Waals surface area contributed by atoms with Crippen LogP contribution in [0.2, 0.25) is 0 Å². The van der Waals surface area contributed by atoms with Crippen molar-refractivity contribution in [2.24, 2.45) is 4.99 Å². The van der Waals surface area contributed by atoms with Gasteiger partial charge in [0.15, 0.2) is 16.3 Å². The summed E-state index contributed by atoms with van der Waals surface area (Å²) in [5.41, 5.74) is 5.26. The standard InChI is InChI=1S/C35H26FN3O5S/c1-43-29-17-24(28(39(41)42)19-30(29)44-20-21-7-3-2-4-8-21)18-31-34(40)38-33(23-11-14-25(36)15-12-23)27-16-13-22-9-5-6-10-26(22)32(27)37-35(38)45-31/h2-12,14-15,17-19,33H,13,16,20H2,1H3/b31-18+/t33-/m1/s1. The lowest BCUT2D eigenvalue weighted by atomic mass is 9.83. The Balaban J connectivity index is 1.38. The molecule has 7 rings (SSSR count). The smallest absolute Gasteiger partial charge is 0.280 e. The number of ether oxygens (including phenoxy) is 2. The molecule has 0 fully saturated rings. The second-order valence-corrected chi connectivity index (χ2v) is 11.8. The Morgan fingerprint density at radius 2 is 1.78 bits per heavy atom. The summed E-state index contributed by atoms with van der Waals surface area (Å²) >= 11 is 1.16. The summed E-state index contributed by atoms with van der Waals surface area (Å²) in [6.07, 6.45) is 2.98. The molecule has 4 aromatic carbocycles. The van der Waals surface area contributed by atoms with Gasteiger partial charge in [-0.05, 0) is 59.4 Å². The number of aryl methyl sites for hydroxylation is 1. The maximum atomic E-state index is 14.1. The molecule has 0 saturated heterocycles. The molecule has 1 atom stereocenters. The molecule has 0 bridgehead atoms. The molecule has 0 saturated carbocycles. The predicted molar refractivity (Wildman–Crippen MR) is 170 cm³/mol. The maximum Gasteiger partial charge on any atom is 0.280 e. The highest BCUT2D eigenvalue weighted by Crippen LogP contribution is 2.41. The first kappa shape index (κ1) is 28.4.